The summed E-state index contributed by atoms with van der Waals surface area (Å²) in [4.78, 5) is 13.1. The van der Waals surface area contributed by atoms with E-state index in [-0.39, 0.29) is 17.9 Å². The van der Waals surface area contributed by atoms with Crippen LogP contribution in [0.5, 0.6) is 0 Å². The molecule has 0 aromatic carbocycles. The average Bonchev–Trinajstić information content (AvgIpc) is 3.36. The second-order valence-electron chi connectivity index (χ2n) is 8.55. The van der Waals surface area contributed by atoms with Crippen LogP contribution in [-0.2, 0) is 33.0 Å². The summed E-state index contributed by atoms with van der Waals surface area (Å²) < 4.78 is 8.97. The Labute approximate surface area is 175 Å². The molecule has 0 radical (unpaired) electrons. The first kappa shape index (κ1) is 19.8. The molecule has 0 saturated heterocycles. The highest BCUT2D eigenvalue weighted by Gasteiger charge is 2.33. The number of aryl methyl sites for hydroxylation is 1. The maximum absolute atomic E-state index is 13.1. The zero-order valence-corrected chi connectivity index (χ0v) is 18.0. The Morgan fingerprint density at radius 2 is 2.17 bits per heavy atom. The van der Waals surface area contributed by atoms with Gasteiger partial charge < -0.3 is 14.4 Å². The van der Waals surface area contributed by atoms with Crippen LogP contribution in [0.25, 0.3) is 0 Å². The molecule has 1 amide bonds. The molecule has 1 aliphatic rings. The topological polar surface area (TPSA) is 77.9 Å². The smallest absolute Gasteiger partial charge is 0.268 e. The van der Waals surface area contributed by atoms with Crippen molar-refractivity contribution in [2.24, 2.45) is 12.5 Å². The number of carbonyl (C=O) groups is 1. The van der Waals surface area contributed by atoms with Gasteiger partial charge in [0, 0.05) is 25.0 Å². The van der Waals surface area contributed by atoms with Gasteiger partial charge in [-0.3, -0.25) is 9.48 Å². The number of hydrogen-bond donors (Lipinski definition) is 1. The minimum Gasteiger partial charge on any atom is -0.361 e. The van der Waals surface area contributed by atoms with Crippen LogP contribution in [0.15, 0.2) is 23.0 Å². The molecule has 0 aliphatic heterocycles. The van der Waals surface area contributed by atoms with Crippen molar-refractivity contribution in [2.75, 3.05) is 0 Å². The molecular formula is C21H26ClN5O2. The van der Waals surface area contributed by atoms with Crippen LogP contribution in [0, 0.1) is 12.3 Å². The number of hydrogen-bond acceptors (Lipinski definition) is 4. The highest BCUT2D eigenvalue weighted by Crippen LogP contribution is 2.40. The molecule has 0 fully saturated rings. The molecular weight excluding hydrogens is 390 g/mol. The number of nitrogens with one attached hydrogen (secondary N) is 1. The van der Waals surface area contributed by atoms with Gasteiger partial charge in [-0.15, -0.1) is 0 Å². The zero-order valence-electron chi connectivity index (χ0n) is 17.3. The fraction of sp³-hybridized carbons (Fsp3) is 0.476. The second-order valence-corrected chi connectivity index (χ2v) is 8.90. The lowest BCUT2D eigenvalue weighted by Gasteiger charge is -2.29. The van der Waals surface area contributed by atoms with Gasteiger partial charge in [-0.1, -0.05) is 30.6 Å². The standard InChI is InChI=1S/C21H26ClN5O2/c1-13-16(12-27-9-5-8-24-27)17(25-29-13)11-23-20(28)18-14-6-7-21(2,3)10-15(14)19(22)26(18)4/h5,8-9H,6-7,10-12H2,1-4H3,(H,23,28). The normalized spacial score (nSPS) is 15.3. The van der Waals surface area contributed by atoms with E-state index in [0.29, 0.717) is 23.1 Å². The molecule has 29 heavy (non-hydrogen) atoms. The fourth-order valence-electron chi connectivity index (χ4n) is 4.12. The first-order valence-corrected chi connectivity index (χ1v) is 10.2. The summed E-state index contributed by atoms with van der Waals surface area (Å²) in [5.74, 6) is 0.590. The van der Waals surface area contributed by atoms with E-state index in [4.69, 9.17) is 16.1 Å². The number of halogens is 1. The van der Waals surface area contributed by atoms with Gasteiger partial charge in [-0.05, 0) is 48.8 Å². The van der Waals surface area contributed by atoms with Crippen LogP contribution in [0.4, 0.5) is 0 Å². The number of nitrogens with zero attached hydrogens (tertiary/aromatic N) is 4. The fourth-order valence-corrected chi connectivity index (χ4v) is 4.39. The van der Waals surface area contributed by atoms with Crippen molar-refractivity contribution < 1.29 is 9.32 Å². The zero-order chi connectivity index (χ0) is 20.8. The summed E-state index contributed by atoms with van der Waals surface area (Å²) in [5, 5.41) is 12.0. The Bertz CT molecular complexity index is 1050. The van der Waals surface area contributed by atoms with Crippen LogP contribution in [0.3, 0.4) is 0 Å². The van der Waals surface area contributed by atoms with E-state index in [2.05, 4.69) is 29.4 Å². The molecule has 3 heterocycles. The number of carbonyl (C=O) groups excluding carboxylic acids is 1. The molecule has 0 atom stereocenters. The van der Waals surface area contributed by atoms with Crippen molar-refractivity contribution in [3.8, 4) is 0 Å². The second kappa shape index (κ2) is 7.37. The molecule has 3 aromatic heterocycles. The monoisotopic (exact) mass is 415 g/mol. The highest BCUT2D eigenvalue weighted by molar-refractivity contribution is 6.31. The average molecular weight is 416 g/mol. The van der Waals surface area contributed by atoms with E-state index in [9.17, 15) is 4.79 Å². The first-order chi connectivity index (χ1) is 13.8. The molecule has 3 aromatic rings. The largest absolute Gasteiger partial charge is 0.361 e. The van der Waals surface area contributed by atoms with E-state index >= 15 is 0 Å². The van der Waals surface area contributed by atoms with Crippen LogP contribution in [-0.4, -0.2) is 25.4 Å². The van der Waals surface area contributed by atoms with Crippen molar-refractivity contribution in [2.45, 2.75) is 53.1 Å². The van der Waals surface area contributed by atoms with Gasteiger partial charge >= 0.3 is 0 Å². The third-order valence-corrected chi connectivity index (χ3v) is 6.29. The maximum Gasteiger partial charge on any atom is 0.268 e. The molecule has 0 bridgehead atoms. The highest BCUT2D eigenvalue weighted by atomic mass is 35.5. The molecule has 7 nitrogen and oxygen atoms in total. The van der Waals surface area contributed by atoms with Crippen LogP contribution in [0.1, 0.15) is 58.9 Å². The molecule has 4 rings (SSSR count). The molecule has 1 N–H and O–H groups in total. The summed E-state index contributed by atoms with van der Waals surface area (Å²) in [6.45, 7) is 7.19. The van der Waals surface area contributed by atoms with Gasteiger partial charge in [-0.25, -0.2) is 0 Å². The lowest BCUT2D eigenvalue weighted by Crippen LogP contribution is -2.28. The summed E-state index contributed by atoms with van der Waals surface area (Å²) in [6.07, 6.45) is 6.40. The lowest BCUT2D eigenvalue weighted by molar-refractivity contribution is 0.0940. The summed E-state index contributed by atoms with van der Waals surface area (Å²) in [7, 11) is 1.85. The summed E-state index contributed by atoms with van der Waals surface area (Å²) >= 11 is 6.57. The van der Waals surface area contributed by atoms with E-state index in [1.165, 1.54) is 0 Å². The van der Waals surface area contributed by atoms with Crippen molar-refractivity contribution >= 4 is 17.5 Å². The number of aromatic nitrogens is 4. The molecule has 154 valence electrons. The Kier molecular flexibility index (Phi) is 5.02. The Morgan fingerprint density at radius 3 is 2.90 bits per heavy atom. The third-order valence-electron chi connectivity index (χ3n) is 5.81. The van der Waals surface area contributed by atoms with Gasteiger partial charge in [0.1, 0.15) is 22.3 Å². The number of amides is 1. The van der Waals surface area contributed by atoms with Crippen molar-refractivity contribution in [1.82, 2.24) is 24.8 Å². The Morgan fingerprint density at radius 1 is 1.38 bits per heavy atom. The van der Waals surface area contributed by atoms with Gasteiger partial charge in [-0.2, -0.15) is 5.10 Å². The minimum absolute atomic E-state index is 0.138. The minimum atomic E-state index is -0.138. The SMILES string of the molecule is Cc1onc(CNC(=O)c2c3c(c(Cl)n2C)CC(C)(C)CC3)c1Cn1cccn1. The van der Waals surface area contributed by atoms with E-state index in [1.54, 1.807) is 10.9 Å². The molecule has 0 saturated carbocycles. The first-order valence-electron chi connectivity index (χ1n) is 9.82. The molecule has 0 spiro atoms. The number of fused-ring (bicyclic) bond motifs is 1. The molecule has 0 unspecified atom stereocenters. The van der Waals surface area contributed by atoms with Crippen molar-refractivity contribution in [3.05, 3.63) is 57.5 Å². The van der Waals surface area contributed by atoms with E-state index in [0.717, 1.165) is 41.7 Å². The quantitative estimate of drug-likeness (QED) is 0.689. The Balaban J connectivity index is 1.54. The summed E-state index contributed by atoms with van der Waals surface area (Å²) in [6, 6.07) is 1.87. The number of rotatable bonds is 5. The van der Waals surface area contributed by atoms with Gasteiger partial charge in [0.15, 0.2) is 0 Å². The van der Waals surface area contributed by atoms with Gasteiger partial charge in [0.2, 0.25) is 0 Å². The lowest BCUT2D eigenvalue weighted by atomic mass is 9.75. The van der Waals surface area contributed by atoms with Crippen molar-refractivity contribution in [3.63, 3.8) is 0 Å². The van der Waals surface area contributed by atoms with E-state index in [1.807, 2.05) is 30.8 Å². The summed E-state index contributed by atoms with van der Waals surface area (Å²) in [5.41, 5.74) is 4.67. The van der Waals surface area contributed by atoms with Crippen LogP contribution in [0.2, 0.25) is 5.15 Å². The Hall–Kier alpha value is -2.54. The van der Waals surface area contributed by atoms with Crippen molar-refractivity contribution in [1.29, 1.82) is 0 Å². The third kappa shape index (κ3) is 3.71. The maximum atomic E-state index is 13.1. The van der Waals surface area contributed by atoms with Crippen LogP contribution < -0.4 is 5.32 Å². The predicted molar refractivity (Wildman–Crippen MR) is 110 cm³/mol. The van der Waals surface area contributed by atoms with Crippen LogP contribution >= 0.6 is 11.6 Å². The van der Waals surface area contributed by atoms with Gasteiger partial charge in [0.05, 0.1) is 13.1 Å². The molecule has 1 aliphatic carbocycles. The van der Waals surface area contributed by atoms with E-state index < -0.39 is 0 Å². The predicted octanol–water partition coefficient (Wildman–Crippen LogP) is 3.66. The molecule has 8 heteroatoms. The van der Waals surface area contributed by atoms with Gasteiger partial charge in [0.25, 0.3) is 5.91 Å².